The second kappa shape index (κ2) is 8.30. The van der Waals surface area contributed by atoms with E-state index in [1.807, 2.05) is 12.1 Å². The van der Waals surface area contributed by atoms with Gasteiger partial charge in [-0.15, -0.1) is 0 Å². The molecule has 0 amide bonds. The summed E-state index contributed by atoms with van der Waals surface area (Å²) in [4.78, 5) is 11.3. The average Bonchev–Trinajstić information content (AvgIpc) is 3.05. The van der Waals surface area contributed by atoms with Crippen LogP contribution in [0.2, 0.25) is 0 Å². The molecule has 6 heteroatoms. The molecule has 0 aliphatic heterocycles. The lowest BCUT2D eigenvalue weighted by molar-refractivity contribution is 0.0697. The van der Waals surface area contributed by atoms with Gasteiger partial charge < -0.3 is 20.8 Å². The van der Waals surface area contributed by atoms with Crippen molar-refractivity contribution in [3.8, 4) is 16.8 Å². The summed E-state index contributed by atoms with van der Waals surface area (Å²) in [5.74, 6) is -0.966. The van der Waals surface area contributed by atoms with Crippen LogP contribution < -0.4 is 5.73 Å². The number of carboxylic acids is 1. The van der Waals surface area contributed by atoms with E-state index in [9.17, 15) is 14.3 Å². The van der Waals surface area contributed by atoms with Crippen molar-refractivity contribution in [1.82, 2.24) is 4.57 Å². The van der Waals surface area contributed by atoms with Gasteiger partial charge in [-0.05, 0) is 66.4 Å². The zero-order valence-electron chi connectivity index (χ0n) is 17.9. The molecule has 0 atom stereocenters. The molecule has 0 aliphatic rings. The van der Waals surface area contributed by atoms with Crippen LogP contribution in [0.25, 0.3) is 27.7 Å². The molecule has 0 radical (unpaired) electrons. The number of benzene rings is 3. The molecule has 0 aliphatic carbocycles. The molecule has 5 nitrogen and oxygen atoms in total. The quantitative estimate of drug-likeness (QED) is 0.263. The highest BCUT2D eigenvalue weighted by atomic mass is 19.1. The molecule has 32 heavy (non-hydrogen) atoms. The molecule has 3 aromatic carbocycles. The number of rotatable bonds is 6. The van der Waals surface area contributed by atoms with Crippen molar-refractivity contribution in [3.63, 3.8) is 0 Å². The first-order chi connectivity index (χ1) is 15.3. The molecule has 0 fully saturated rings. The minimum atomic E-state index is -0.979. The number of nitrogen functional groups attached to an aromatic ring is 1. The summed E-state index contributed by atoms with van der Waals surface area (Å²) in [7, 11) is 0. The van der Waals surface area contributed by atoms with Crippen LogP contribution in [0.5, 0.6) is 0 Å². The monoisotopic (exact) mass is 429 g/mol. The number of carbonyl (C=O) groups is 1. The number of nitrogens with one attached hydrogen (secondary N) is 1. The Morgan fingerprint density at radius 3 is 2.34 bits per heavy atom. The predicted octanol–water partition coefficient (Wildman–Crippen LogP) is 5.91. The van der Waals surface area contributed by atoms with Crippen LogP contribution in [0.1, 0.15) is 35.5 Å². The van der Waals surface area contributed by atoms with E-state index < -0.39 is 5.97 Å². The Labute approximate surface area is 185 Å². The number of carboxylic acid groups (broad SMARTS) is 1. The lowest BCUT2D eigenvalue weighted by atomic mass is 9.96. The van der Waals surface area contributed by atoms with E-state index in [1.165, 1.54) is 18.3 Å². The number of aromatic nitrogens is 1. The highest BCUT2D eigenvalue weighted by Crippen LogP contribution is 2.40. The fourth-order valence-electron chi connectivity index (χ4n) is 4.11. The number of anilines is 1. The van der Waals surface area contributed by atoms with Gasteiger partial charge in [-0.1, -0.05) is 26.0 Å². The van der Waals surface area contributed by atoms with Crippen LogP contribution in [-0.4, -0.2) is 21.9 Å². The molecule has 0 spiro atoms. The highest BCUT2D eigenvalue weighted by Gasteiger charge is 2.22. The van der Waals surface area contributed by atoms with E-state index in [1.54, 1.807) is 36.4 Å². The third kappa shape index (κ3) is 3.75. The van der Waals surface area contributed by atoms with Crippen LogP contribution in [-0.2, 0) is 6.42 Å². The van der Waals surface area contributed by atoms with Crippen molar-refractivity contribution in [1.29, 1.82) is 5.41 Å². The first-order valence-electron chi connectivity index (χ1n) is 10.4. The molecular weight excluding hydrogens is 405 g/mol. The Kier molecular flexibility index (Phi) is 5.53. The average molecular weight is 429 g/mol. The van der Waals surface area contributed by atoms with Gasteiger partial charge in [0.2, 0.25) is 0 Å². The maximum absolute atomic E-state index is 13.7. The Balaban J connectivity index is 2.11. The maximum atomic E-state index is 13.7. The highest BCUT2D eigenvalue weighted by molar-refractivity contribution is 6.04. The van der Waals surface area contributed by atoms with Gasteiger partial charge in [-0.25, -0.2) is 9.18 Å². The van der Waals surface area contributed by atoms with Crippen molar-refractivity contribution < 1.29 is 14.3 Å². The molecule has 4 aromatic rings. The van der Waals surface area contributed by atoms with Gasteiger partial charge in [0.15, 0.2) is 0 Å². The van der Waals surface area contributed by atoms with E-state index in [-0.39, 0.29) is 11.4 Å². The van der Waals surface area contributed by atoms with Crippen molar-refractivity contribution in [2.24, 2.45) is 5.92 Å². The van der Waals surface area contributed by atoms with Gasteiger partial charge >= 0.3 is 5.97 Å². The summed E-state index contributed by atoms with van der Waals surface area (Å²) in [6, 6.07) is 16.8. The van der Waals surface area contributed by atoms with Gasteiger partial charge in [0.25, 0.3) is 0 Å². The zero-order chi connectivity index (χ0) is 23.0. The standard InChI is InChI=1S/C26H24FN3O2/c1-15(2)11-24-25(16-3-5-17(6-4-16)26(31)32)21-13-22(29)18(14-28)12-23(21)30(24)20-9-7-19(27)8-10-20/h3-10,12-15,28H,11,29H2,1-2H3,(H,31,32). The topological polar surface area (TPSA) is 92.1 Å². The van der Waals surface area contributed by atoms with Gasteiger partial charge in [0.05, 0.1) is 11.1 Å². The zero-order valence-corrected chi connectivity index (χ0v) is 17.9. The van der Waals surface area contributed by atoms with Crippen molar-refractivity contribution in [2.75, 3.05) is 5.73 Å². The van der Waals surface area contributed by atoms with Crippen LogP contribution in [0.4, 0.5) is 10.1 Å². The van der Waals surface area contributed by atoms with Crippen molar-refractivity contribution >= 4 is 28.8 Å². The lowest BCUT2D eigenvalue weighted by Gasteiger charge is -2.15. The maximum Gasteiger partial charge on any atom is 0.335 e. The van der Waals surface area contributed by atoms with Crippen LogP contribution in [0, 0.1) is 17.1 Å². The predicted molar refractivity (Wildman–Crippen MR) is 126 cm³/mol. The summed E-state index contributed by atoms with van der Waals surface area (Å²) >= 11 is 0. The third-order valence-electron chi connectivity index (χ3n) is 5.53. The fourth-order valence-corrected chi connectivity index (χ4v) is 4.11. The first kappa shape index (κ1) is 21.3. The number of hydrogen-bond donors (Lipinski definition) is 3. The fraction of sp³-hybridized carbons (Fsp3) is 0.154. The Hall–Kier alpha value is -3.93. The Morgan fingerprint density at radius 1 is 1.12 bits per heavy atom. The molecular formula is C26H24FN3O2. The number of nitrogens with two attached hydrogens (primary N) is 1. The van der Waals surface area contributed by atoms with E-state index in [4.69, 9.17) is 11.1 Å². The Morgan fingerprint density at radius 2 is 1.78 bits per heavy atom. The summed E-state index contributed by atoms with van der Waals surface area (Å²) in [6.07, 6.45) is 1.96. The molecule has 1 aromatic heterocycles. The SMILES string of the molecule is CC(C)Cc1c(-c2ccc(C(=O)O)cc2)c2cc(N)c(C=N)cc2n1-c1ccc(F)cc1. The normalized spacial score (nSPS) is 11.2. The number of fused-ring (bicyclic) bond motifs is 1. The number of hydrogen-bond acceptors (Lipinski definition) is 3. The molecule has 0 unspecified atom stereocenters. The molecule has 162 valence electrons. The minimum Gasteiger partial charge on any atom is -0.478 e. The van der Waals surface area contributed by atoms with Crippen LogP contribution >= 0.6 is 0 Å². The summed E-state index contributed by atoms with van der Waals surface area (Å²) < 4.78 is 15.8. The molecule has 0 saturated carbocycles. The van der Waals surface area contributed by atoms with Crippen LogP contribution in [0.15, 0.2) is 60.7 Å². The van der Waals surface area contributed by atoms with Crippen molar-refractivity contribution in [3.05, 3.63) is 83.3 Å². The molecule has 4 N–H and O–H groups in total. The summed E-state index contributed by atoms with van der Waals surface area (Å²) in [6.45, 7) is 4.25. The van der Waals surface area contributed by atoms with E-state index in [2.05, 4.69) is 18.4 Å². The second-order valence-electron chi connectivity index (χ2n) is 8.26. The number of halogens is 1. The molecule has 4 rings (SSSR count). The first-order valence-corrected chi connectivity index (χ1v) is 10.4. The second-order valence-corrected chi connectivity index (χ2v) is 8.26. The van der Waals surface area contributed by atoms with E-state index in [0.717, 1.165) is 39.8 Å². The van der Waals surface area contributed by atoms with Gasteiger partial charge in [0.1, 0.15) is 5.82 Å². The number of nitrogens with zero attached hydrogens (tertiary/aromatic N) is 1. The number of aromatic carboxylic acids is 1. The van der Waals surface area contributed by atoms with Crippen LogP contribution in [0.3, 0.4) is 0 Å². The molecule has 1 heterocycles. The van der Waals surface area contributed by atoms with E-state index in [0.29, 0.717) is 17.2 Å². The minimum absolute atomic E-state index is 0.215. The largest absolute Gasteiger partial charge is 0.478 e. The Bertz CT molecular complexity index is 1320. The summed E-state index contributed by atoms with van der Waals surface area (Å²) in [5.41, 5.74) is 12.1. The third-order valence-corrected chi connectivity index (χ3v) is 5.53. The molecule has 0 saturated heterocycles. The smallest absolute Gasteiger partial charge is 0.335 e. The van der Waals surface area contributed by atoms with Crippen molar-refractivity contribution in [2.45, 2.75) is 20.3 Å². The van der Waals surface area contributed by atoms with Gasteiger partial charge in [-0.2, -0.15) is 0 Å². The summed E-state index contributed by atoms with van der Waals surface area (Å²) in [5, 5.41) is 17.9. The lowest BCUT2D eigenvalue weighted by Crippen LogP contribution is -2.05. The molecule has 0 bridgehead atoms. The van der Waals surface area contributed by atoms with Gasteiger partial charge in [-0.3, -0.25) is 0 Å². The van der Waals surface area contributed by atoms with E-state index >= 15 is 0 Å². The van der Waals surface area contributed by atoms with Gasteiger partial charge in [0, 0.05) is 39.8 Å².